The lowest BCUT2D eigenvalue weighted by Crippen LogP contribution is -2.16. The normalized spacial score (nSPS) is 11.8. The standard InChI is InChI=1S/C21H25N5/c1-4-16(3)24-21-25-19(18-11-7-8-12-22-18)13-20(26-21)23-14-17-10-6-5-9-15(17)2/h5-13,16H,4,14H2,1-3H3,(H2,23,24,25,26)/t16-/m0/s1. The summed E-state index contributed by atoms with van der Waals surface area (Å²) in [6.45, 7) is 7.09. The van der Waals surface area contributed by atoms with Crippen LogP contribution in [0.5, 0.6) is 0 Å². The monoisotopic (exact) mass is 347 g/mol. The summed E-state index contributed by atoms with van der Waals surface area (Å²) >= 11 is 0. The molecule has 0 radical (unpaired) electrons. The molecule has 0 aliphatic rings. The largest absolute Gasteiger partial charge is 0.366 e. The van der Waals surface area contributed by atoms with Crippen LogP contribution in [0.4, 0.5) is 11.8 Å². The van der Waals surface area contributed by atoms with Crippen molar-refractivity contribution < 1.29 is 0 Å². The zero-order chi connectivity index (χ0) is 18.4. The fraction of sp³-hybridized carbons (Fsp3) is 0.286. The molecule has 3 aromatic rings. The minimum absolute atomic E-state index is 0.304. The summed E-state index contributed by atoms with van der Waals surface area (Å²) in [4.78, 5) is 13.7. The summed E-state index contributed by atoms with van der Waals surface area (Å²) in [7, 11) is 0. The Bertz CT molecular complexity index is 848. The van der Waals surface area contributed by atoms with Gasteiger partial charge in [-0.1, -0.05) is 37.3 Å². The van der Waals surface area contributed by atoms with Crippen LogP contribution < -0.4 is 10.6 Å². The third-order valence-electron chi connectivity index (χ3n) is 4.36. The van der Waals surface area contributed by atoms with Crippen molar-refractivity contribution in [1.82, 2.24) is 15.0 Å². The molecule has 0 fully saturated rings. The first-order valence-corrected chi connectivity index (χ1v) is 9.01. The van der Waals surface area contributed by atoms with Gasteiger partial charge in [-0.3, -0.25) is 4.98 Å². The van der Waals surface area contributed by atoms with Gasteiger partial charge < -0.3 is 10.6 Å². The molecular weight excluding hydrogens is 322 g/mol. The third kappa shape index (κ3) is 4.57. The van der Waals surface area contributed by atoms with Gasteiger partial charge in [-0.25, -0.2) is 4.98 Å². The number of anilines is 2. The van der Waals surface area contributed by atoms with Crippen molar-refractivity contribution in [3.8, 4) is 11.4 Å². The summed E-state index contributed by atoms with van der Waals surface area (Å²) in [6.07, 6.45) is 2.78. The average Bonchev–Trinajstić information content (AvgIpc) is 2.68. The van der Waals surface area contributed by atoms with E-state index in [0.29, 0.717) is 18.5 Å². The predicted octanol–water partition coefficient (Wildman–Crippen LogP) is 4.67. The van der Waals surface area contributed by atoms with Gasteiger partial charge in [-0.05, 0) is 43.5 Å². The molecule has 0 amide bonds. The first-order chi connectivity index (χ1) is 12.7. The topological polar surface area (TPSA) is 62.7 Å². The SMILES string of the molecule is CC[C@H](C)Nc1nc(NCc2ccccc2C)cc(-c2ccccn2)n1. The predicted molar refractivity (Wildman–Crippen MR) is 107 cm³/mol. The molecule has 1 atom stereocenters. The number of nitrogens with zero attached hydrogens (tertiary/aromatic N) is 3. The van der Waals surface area contributed by atoms with Gasteiger partial charge in [-0.2, -0.15) is 4.98 Å². The third-order valence-corrected chi connectivity index (χ3v) is 4.36. The summed E-state index contributed by atoms with van der Waals surface area (Å²) in [5, 5.41) is 6.79. The maximum absolute atomic E-state index is 4.64. The van der Waals surface area contributed by atoms with E-state index in [1.807, 2.05) is 24.3 Å². The van der Waals surface area contributed by atoms with Crippen LogP contribution in [0.1, 0.15) is 31.4 Å². The quantitative estimate of drug-likeness (QED) is 0.650. The van der Waals surface area contributed by atoms with Crippen LogP contribution in [0.15, 0.2) is 54.7 Å². The molecule has 0 aliphatic heterocycles. The molecule has 0 unspecified atom stereocenters. The van der Waals surface area contributed by atoms with Crippen LogP contribution in [0.3, 0.4) is 0 Å². The van der Waals surface area contributed by atoms with E-state index < -0.39 is 0 Å². The molecule has 2 heterocycles. The summed E-state index contributed by atoms with van der Waals surface area (Å²) in [5.41, 5.74) is 4.15. The fourth-order valence-electron chi connectivity index (χ4n) is 2.56. The lowest BCUT2D eigenvalue weighted by atomic mass is 10.1. The number of hydrogen-bond donors (Lipinski definition) is 2. The number of pyridine rings is 1. The van der Waals surface area contributed by atoms with Gasteiger partial charge in [0.25, 0.3) is 0 Å². The zero-order valence-corrected chi connectivity index (χ0v) is 15.5. The maximum Gasteiger partial charge on any atom is 0.225 e. The van der Waals surface area contributed by atoms with Gasteiger partial charge in [-0.15, -0.1) is 0 Å². The van der Waals surface area contributed by atoms with Crippen molar-refractivity contribution in [3.05, 3.63) is 65.9 Å². The second-order valence-electron chi connectivity index (χ2n) is 6.41. The van der Waals surface area contributed by atoms with E-state index in [-0.39, 0.29) is 0 Å². The highest BCUT2D eigenvalue weighted by atomic mass is 15.2. The number of aryl methyl sites for hydroxylation is 1. The van der Waals surface area contributed by atoms with Crippen LogP contribution in [-0.2, 0) is 6.54 Å². The van der Waals surface area contributed by atoms with Gasteiger partial charge in [0.15, 0.2) is 0 Å². The van der Waals surface area contributed by atoms with Crippen LogP contribution in [0, 0.1) is 6.92 Å². The van der Waals surface area contributed by atoms with Crippen LogP contribution in [0.25, 0.3) is 11.4 Å². The highest BCUT2D eigenvalue weighted by molar-refractivity contribution is 5.61. The Hall–Kier alpha value is -2.95. The summed E-state index contributed by atoms with van der Waals surface area (Å²) in [5.74, 6) is 1.41. The van der Waals surface area contributed by atoms with E-state index in [0.717, 1.165) is 23.6 Å². The average molecular weight is 347 g/mol. The molecule has 2 aromatic heterocycles. The van der Waals surface area contributed by atoms with E-state index in [9.17, 15) is 0 Å². The number of rotatable bonds is 7. The van der Waals surface area contributed by atoms with E-state index >= 15 is 0 Å². The van der Waals surface area contributed by atoms with E-state index in [2.05, 4.69) is 70.6 Å². The Morgan fingerprint density at radius 3 is 2.54 bits per heavy atom. The molecule has 2 N–H and O–H groups in total. The van der Waals surface area contributed by atoms with Crippen LogP contribution >= 0.6 is 0 Å². The summed E-state index contributed by atoms with van der Waals surface area (Å²) in [6, 6.07) is 16.4. The summed E-state index contributed by atoms with van der Waals surface area (Å²) < 4.78 is 0. The number of aromatic nitrogens is 3. The van der Waals surface area contributed by atoms with Gasteiger partial charge in [0.1, 0.15) is 5.82 Å². The Morgan fingerprint density at radius 1 is 1.00 bits per heavy atom. The molecule has 0 saturated heterocycles. The molecule has 3 rings (SSSR count). The first kappa shape index (κ1) is 17.9. The van der Waals surface area contributed by atoms with Crippen molar-refractivity contribution in [2.45, 2.75) is 39.8 Å². The highest BCUT2D eigenvalue weighted by Crippen LogP contribution is 2.21. The van der Waals surface area contributed by atoms with E-state index in [1.165, 1.54) is 11.1 Å². The van der Waals surface area contributed by atoms with Crippen molar-refractivity contribution in [2.75, 3.05) is 10.6 Å². The number of nitrogens with one attached hydrogen (secondary N) is 2. The van der Waals surface area contributed by atoms with Crippen molar-refractivity contribution in [1.29, 1.82) is 0 Å². The Morgan fingerprint density at radius 2 is 1.81 bits per heavy atom. The van der Waals surface area contributed by atoms with Crippen molar-refractivity contribution in [3.63, 3.8) is 0 Å². The lowest BCUT2D eigenvalue weighted by Gasteiger charge is -2.15. The zero-order valence-electron chi connectivity index (χ0n) is 15.5. The molecule has 5 heteroatoms. The molecule has 0 bridgehead atoms. The molecule has 26 heavy (non-hydrogen) atoms. The number of hydrogen-bond acceptors (Lipinski definition) is 5. The second-order valence-corrected chi connectivity index (χ2v) is 6.41. The number of benzene rings is 1. The van der Waals surface area contributed by atoms with E-state index in [4.69, 9.17) is 0 Å². The molecule has 134 valence electrons. The maximum atomic E-state index is 4.64. The van der Waals surface area contributed by atoms with E-state index in [1.54, 1.807) is 6.20 Å². The Labute approximate surface area is 154 Å². The van der Waals surface area contributed by atoms with Crippen molar-refractivity contribution >= 4 is 11.8 Å². The fourth-order valence-corrected chi connectivity index (χ4v) is 2.56. The molecule has 1 aromatic carbocycles. The van der Waals surface area contributed by atoms with Crippen LogP contribution in [-0.4, -0.2) is 21.0 Å². The molecule has 0 saturated carbocycles. The van der Waals surface area contributed by atoms with Gasteiger partial charge in [0.2, 0.25) is 5.95 Å². The molecule has 5 nitrogen and oxygen atoms in total. The van der Waals surface area contributed by atoms with Crippen molar-refractivity contribution in [2.24, 2.45) is 0 Å². The smallest absolute Gasteiger partial charge is 0.225 e. The van der Waals surface area contributed by atoms with Gasteiger partial charge in [0.05, 0.1) is 11.4 Å². The lowest BCUT2D eigenvalue weighted by molar-refractivity contribution is 0.753. The van der Waals surface area contributed by atoms with Gasteiger partial charge in [0, 0.05) is 24.8 Å². The van der Waals surface area contributed by atoms with Crippen LogP contribution in [0.2, 0.25) is 0 Å². The Balaban J connectivity index is 1.88. The van der Waals surface area contributed by atoms with Gasteiger partial charge >= 0.3 is 0 Å². The molecular formula is C21H25N5. The molecule has 0 spiro atoms. The molecule has 0 aliphatic carbocycles. The Kier molecular flexibility index (Phi) is 5.79. The second kappa shape index (κ2) is 8.43. The first-order valence-electron chi connectivity index (χ1n) is 9.01. The minimum atomic E-state index is 0.304. The highest BCUT2D eigenvalue weighted by Gasteiger charge is 2.09. The minimum Gasteiger partial charge on any atom is -0.366 e.